The first kappa shape index (κ1) is 19.6. The molecule has 0 atom stereocenters. The molecule has 7 heteroatoms. The van der Waals surface area contributed by atoms with Gasteiger partial charge in [-0.25, -0.2) is 14.2 Å². The van der Waals surface area contributed by atoms with Crippen LogP contribution in [0.3, 0.4) is 0 Å². The van der Waals surface area contributed by atoms with Gasteiger partial charge in [-0.3, -0.25) is 10.4 Å². The SMILES string of the molecule is O=C(NN1CCCCC1)Oc1ccc2c(c1)CCN2CCCc1ccncc1F. The van der Waals surface area contributed by atoms with Gasteiger partial charge >= 0.3 is 6.09 Å². The average molecular weight is 398 g/mol. The predicted octanol–water partition coefficient (Wildman–Crippen LogP) is 3.71. The second kappa shape index (κ2) is 9.22. The second-order valence-corrected chi connectivity index (χ2v) is 7.65. The molecule has 0 unspecified atom stereocenters. The van der Waals surface area contributed by atoms with Crippen LogP contribution in [0, 0.1) is 5.82 Å². The van der Waals surface area contributed by atoms with E-state index in [0.29, 0.717) is 17.7 Å². The molecule has 29 heavy (non-hydrogen) atoms. The predicted molar refractivity (Wildman–Crippen MR) is 109 cm³/mol. The van der Waals surface area contributed by atoms with Gasteiger partial charge < -0.3 is 9.64 Å². The number of halogens is 1. The van der Waals surface area contributed by atoms with Crippen LogP contribution in [0.15, 0.2) is 36.7 Å². The van der Waals surface area contributed by atoms with E-state index in [-0.39, 0.29) is 5.82 Å². The van der Waals surface area contributed by atoms with E-state index in [1.54, 1.807) is 12.3 Å². The van der Waals surface area contributed by atoms with Crippen LogP contribution >= 0.6 is 0 Å². The Morgan fingerprint density at radius 2 is 2.03 bits per heavy atom. The monoisotopic (exact) mass is 398 g/mol. The molecule has 0 radical (unpaired) electrons. The topological polar surface area (TPSA) is 57.7 Å². The quantitative estimate of drug-likeness (QED) is 0.804. The third kappa shape index (κ3) is 5.03. The fraction of sp³-hybridized carbons (Fsp3) is 0.455. The Balaban J connectivity index is 1.29. The molecule has 1 amide bonds. The van der Waals surface area contributed by atoms with Gasteiger partial charge in [0.05, 0.1) is 6.20 Å². The zero-order valence-electron chi connectivity index (χ0n) is 16.6. The number of amides is 1. The third-order valence-electron chi connectivity index (χ3n) is 5.59. The lowest BCUT2D eigenvalue weighted by Crippen LogP contribution is -2.46. The first-order valence-electron chi connectivity index (χ1n) is 10.4. The van der Waals surface area contributed by atoms with Crippen LogP contribution in [-0.2, 0) is 12.8 Å². The maximum absolute atomic E-state index is 13.7. The van der Waals surface area contributed by atoms with Crippen molar-refractivity contribution in [3.05, 3.63) is 53.6 Å². The number of nitrogens with zero attached hydrogens (tertiary/aromatic N) is 3. The van der Waals surface area contributed by atoms with E-state index >= 15 is 0 Å². The Hall–Kier alpha value is -2.67. The molecular formula is C22H27FN4O2. The first-order valence-corrected chi connectivity index (χ1v) is 10.4. The third-order valence-corrected chi connectivity index (χ3v) is 5.59. The number of rotatable bonds is 6. The van der Waals surface area contributed by atoms with Crippen LogP contribution in [0.5, 0.6) is 5.75 Å². The Labute approximate surface area is 170 Å². The molecule has 1 N–H and O–H groups in total. The Bertz CT molecular complexity index is 854. The van der Waals surface area contributed by atoms with Crippen molar-refractivity contribution in [2.75, 3.05) is 31.1 Å². The van der Waals surface area contributed by atoms with Gasteiger partial charge in [-0.15, -0.1) is 0 Å². The minimum atomic E-state index is -0.430. The number of carbonyl (C=O) groups is 1. The molecule has 1 aromatic heterocycles. The number of hydrazine groups is 1. The summed E-state index contributed by atoms with van der Waals surface area (Å²) in [5.74, 6) is 0.331. The first-order chi connectivity index (χ1) is 14.2. The molecule has 0 spiro atoms. The molecule has 154 valence electrons. The zero-order valence-corrected chi connectivity index (χ0v) is 16.6. The molecule has 4 rings (SSSR count). The number of anilines is 1. The van der Waals surface area contributed by atoms with Crippen molar-refractivity contribution in [3.8, 4) is 5.75 Å². The van der Waals surface area contributed by atoms with Crippen molar-refractivity contribution >= 4 is 11.8 Å². The summed E-state index contributed by atoms with van der Waals surface area (Å²) in [6, 6.07) is 7.55. The fourth-order valence-corrected chi connectivity index (χ4v) is 4.07. The summed E-state index contributed by atoms with van der Waals surface area (Å²) in [5.41, 5.74) is 5.88. The van der Waals surface area contributed by atoms with E-state index in [2.05, 4.69) is 15.3 Å². The molecule has 0 bridgehead atoms. The molecule has 2 aromatic rings. The maximum atomic E-state index is 13.7. The summed E-state index contributed by atoms with van der Waals surface area (Å²) in [6.07, 6.45) is 8.37. The van der Waals surface area contributed by atoms with Crippen molar-refractivity contribution in [1.29, 1.82) is 0 Å². The molecule has 0 saturated carbocycles. The van der Waals surface area contributed by atoms with Gasteiger partial charge in [0.2, 0.25) is 0 Å². The largest absolute Gasteiger partial charge is 0.427 e. The summed E-state index contributed by atoms with van der Waals surface area (Å²) in [7, 11) is 0. The summed E-state index contributed by atoms with van der Waals surface area (Å²) in [6.45, 7) is 3.54. The number of fused-ring (bicyclic) bond motifs is 1. The molecule has 0 aliphatic carbocycles. The Kier molecular flexibility index (Phi) is 6.24. The highest BCUT2D eigenvalue weighted by molar-refractivity contribution is 5.71. The smallest absolute Gasteiger partial charge is 0.409 e. The van der Waals surface area contributed by atoms with Crippen LogP contribution in [0.25, 0.3) is 0 Å². The number of aryl methyl sites for hydroxylation is 1. The van der Waals surface area contributed by atoms with Crippen LogP contribution in [-0.4, -0.2) is 42.3 Å². The zero-order chi connectivity index (χ0) is 20.1. The minimum Gasteiger partial charge on any atom is -0.409 e. The average Bonchev–Trinajstić information content (AvgIpc) is 3.12. The summed E-state index contributed by atoms with van der Waals surface area (Å²) in [4.78, 5) is 18.2. The van der Waals surface area contributed by atoms with E-state index in [4.69, 9.17) is 4.74 Å². The second-order valence-electron chi connectivity index (χ2n) is 7.65. The molecule has 6 nitrogen and oxygen atoms in total. The number of piperidine rings is 1. The van der Waals surface area contributed by atoms with E-state index in [9.17, 15) is 9.18 Å². The van der Waals surface area contributed by atoms with E-state index in [1.165, 1.54) is 23.9 Å². The normalized spacial score (nSPS) is 16.5. The van der Waals surface area contributed by atoms with Crippen LogP contribution in [0.4, 0.5) is 14.9 Å². The van der Waals surface area contributed by atoms with Crippen molar-refractivity contribution in [1.82, 2.24) is 15.4 Å². The molecule has 1 fully saturated rings. The van der Waals surface area contributed by atoms with Gasteiger partial charge in [-0.05, 0) is 67.5 Å². The van der Waals surface area contributed by atoms with E-state index < -0.39 is 6.09 Å². The summed E-state index contributed by atoms with van der Waals surface area (Å²) < 4.78 is 19.2. The van der Waals surface area contributed by atoms with Gasteiger partial charge in [0.25, 0.3) is 0 Å². The minimum absolute atomic E-state index is 0.237. The Morgan fingerprint density at radius 3 is 2.86 bits per heavy atom. The molecule has 2 aliphatic heterocycles. The molecule has 3 heterocycles. The van der Waals surface area contributed by atoms with Gasteiger partial charge in [0.15, 0.2) is 0 Å². The molecule has 2 aliphatic rings. The van der Waals surface area contributed by atoms with Crippen LogP contribution in [0.2, 0.25) is 0 Å². The van der Waals surface area contributed by atoms with Gasteiger partial charge in [0.1, 0.15) is 11.6 Å². The number of nitrogens with one attached hydrogen (secondary N) is 1. The van der Waals surface area contributed by atoms with Crippen LogP contribution < -0.4 is 15.1 Å². The highest BCUT2D eigenvalue weighted by atomic mass is 19.1. The number of hydrogen-bond acceptors (Lipinski definition) is 5. The number of ether oxygens (including phenoxy) is 1. The van der Waals surface area contributed by atoms with Crippen molar-refractivity contribution in [3.63, 3.8) is 0 Å². The highest BCUT2D eigenvalue weighted by Gasteiger charge is 2.20. The van der Waals surface area contributed by atoms with Gasteiger partial charge in [-0.2, -0.15) is 0 Å². The van der Waals surface area contributed by atoms with Crippen molar-refractivity contribution in [2.24, 2.45) is 0 Å². The molecule has 1 saturated heterocycles. The number of aromatic nitrogens is 1. The summed E-state index contributed by atoms with van der Waals surface area (Å²) >= 11 is 0. The Morgan fingerprint density at radius 1 is 1.17 bits per heavy atom. The maximum Gasteiger partial charge on any atom is 0.427 e. The lowest BCUT2D eigenvalue weighted by Gasteiger charge is -2.26. The standard InChI is InChI=1S/C22H27FN4O2/c23-20-16-24-10-8-17(20)5-4-11-26-14-9-18-15-19(6-7-21(18)26)29-22(28)25-27-12-2-1-3-13-27/h6-8,10,15-16H,1-5,9,11-14H2,(H,25,28). The van der Waals surface area contributed by atoms with Crippen LogP contribution in [0.1, 0.15) is 36.8 Å². The lowest BCUT2D eigenvalue weighted by atomic mass is 10.1. The van der Waals surface area contributed by atoms with Crippen molar-refractivity contribution in [2.45, 2.75) is 38.5 Å². The lowest BCUT2D eigenvalue weighted by molar-refractivity contribution is 0.129. The van der Waals surface area contributed by atoms with Gasteiger partial charge in [-0.1, -0.05) is 6.42 Å². The highest BCUT2D eigenvalue weighted by Crippen LogP contribution is 2.31. The van der Waals surface area contributed by atoms with Crippen molar-refractivity contribution < 1.29 is 13.9 Å². The fourth-order valence-electron chi connectivity index (χ4n) is 4.07. The molecule has 1 aromatic carbocycles. The number of benzene rings is 1. The number of pyridine rings is 1. The van der Waals surface area contributed by atoms with E-state index in [1.807, 2.05) is 23.2 Å². The number of hydrogen-bond donors (Lipinski definition) is 1. The van der Waals surface area contributed by atoms with E-state index in [0.717, 1.165) is 51.9 Å². The number of carbonyl (C=O) groups excluding carboxylic acids is 1. The summed E-state index contributed by atoms with van der Waals surface area (Å²) in [5, 5.41) is 1.92. The van der Waals surface area contributed by atoms with Gasteiger partial charge in [0, 0.05) is 38.1 Å². The molecular weight excluding hydrogens is 371 g/mol.